The molecular weight excluding hydrogens is 270 g/mol. The van der Waals surface area contributed by atoms with Crippen LogP contribution in [0.5, 0.6) is 0 Å². The Morgan fingerprint density at radius 3 is 1.90 bits per heavy atom. The van der Waals surface area contributed by atoms with E-state index in [4.69, 9.17) is 13.3 Å². The highest BCUT2D eigenvalue weighted by atomic mass is 28.4. The minimum absolute atomic E-state index is 0.644. The van der Waals surface area contributed by atoms with Crippen LogP contribution < -0.4 is 0 Å². The van der Waals surface area contributed by atoms with E-state index in [1.807, 2.05) is 20.8 Å². The predicted octanol–water partition coefficient (Wildman–Crippen LogP) is 4.08. The highest BCUT2D eigenvalue weighted by Crippen LogP contribution is 2.18. The van der Waals surface area contributed by atoms with Crippen molar-refractivity contribution in [3.8, 4) is 0 Å². The van der Waals surface area contributed by atoms with Crippen LogP contribution in [0, 0.1) is 0 Å². The molecule has 20 heavy (non-hydrogen) atoms. The first kappa shape index (κ1) is 19.8. The van der Waals surface area contributed by atoms with Crippen LogP contribution in [-0.4, -0.2) is 40.9 Å². The minimum atomic E-state index is -2.46. The molecule has 0 bridgehead atoms. The van der Waals surface area contributed by atoms with Crippen LogP contribution in [0.25, 0.3) is 0 Å². The van der Waals surface area contributed by atoms with Crippen molar-refractivity contribution in [1.82, 2.24) is 0 Å². The quantitative estimate of drug-likeness (QED) is 0.292. The molecule has 0 rings (SSSR count). The third-order valence-corrected chi connectivity index (χ3v) is 6.16. The van der Waals surface area contributed by atoms with E-state index >= 15 is 0 Å². The molecule has 0 radical (unpaired) electrons. The van der Waals surface area contributed by atoms with Crippen LogP contribution in [0.15, 0.2) is 4.99 Å². The van der Waals surface area contributed by atoms with Gasteiger partial charge in [0.2, 0.25) is 0 Å². The summed E-state index contributed by atoms with van der Waals surface area (Å²) in [6, 6.07) is 0.854. The zero-order valence-corrected chi connectivity index (χ0v) is 15.0. The summed E-state index contributed by atoms with van der Waals surface area (Å²) in [5, 5.41) is 0. The van der Waals surface area contributed by atoms with Crippen LogP contribution in [-0.2, 0) is 13.3 Å². The molecule has 0 N–H and O–H groups in total. The zero-order chi connectivity index (χ0) is 15.3. The summed E-state index contributed by atoms with van der Waals surface area (Å²) in [6.45, 7) is 13.1. The molecule has 0 saturated heterocycles. The smallest absolute Gasteiger partial charge is 0.374 e. The first-order valence-corrected chi connectivity index (χ1v) is 9.99. The Bertz CT molecular complexity index is 242. The van der Waals surface area contributed by atoms with Crippen molar-refractivity contribution in [2.75, 3.05) is 26.4 Å². The lowest BCUT2D eigenvalue weighted by Gasteiger charge is -2.28. The second-order valence-corrected chi connectivity index (χ2v) is 7.54. The molecule has 0 aliphatic carbocycles. The van der Waals surface area contributed by atoms with Crippen molar-refractivity contribution in [3.63, 3.8) is 0 Å². The largest absolute Gasteiger partial charge is 0.500 e. The lowest BCUT2D eigenvalue weighted by molar-refractivity contribution is 0.0710. The van der Waals surface area contributed by atoms with Gasteiger partial charge in [-0.3, -0.25) is 4.99 Å². The first-order valence-electron chi connectivity index (χ1n) is 8.05. The number of hydrogen-bond acceptors (Lipinski definition) is 4. The van der Waals surface area contributed by atoms with E-state index in [-0.39, 0.29) is 0 Å². The van der Waals surface area contributed by atoms with E-state index in [0.29, 0.717) is 19.8 Å². The van der Waals surface area contributed by atoms with Gasteiger partial charge in [0, 0.05) is 38.1 Å². The van der Waals surface area contributed by atoms with Crippen molar-refractivity contribution < 1.29 is 13.3 Å². The summed E-state index contributed by atoms with van der Waals surface area (Å²) in [6.07, 6.45) is 4.53. The van der Waals surface area contributed by atoms with Crippen LogP contribution >= 0.6 is 0 Å². The summed E-state index contributed by atoms with van der Waals surface area (Å²) in [4.78, 5) is 4.62. The summed E-state index contributed by atoms with van der Waals surface area (Å²) in [5.41, 5.74) is 1.25. The highest BCUT2D eigenvalue weighted by Gasteiger charge is 2.39. The molecule has 0 heterocycles. The van der Waals surface area contributed by atoms with E-state index < -0.39 is 8.80 Å². The van der Waals surface area contributed by atoms with Gasteiger partial charge in [-0.05, 0) is 47.0 Å². The van der Waals surface area contributed by atoms with Gasteiger partial charge in [-0.25, -0.2) is 0 Å². The monoisotopic (exact) mass is 303 g/mol. The average molecular weight is 304 g/mol. The molecule has 0 spiro atoms. The Balaban J connectivity index is 4.24. The molecule has 4 nitrogen and oxygen atoms in total. The fourth-order valence-corrected chi connectivity index (χ4v) is 4.67. The Morgan fingerprint density at radius 2 is 1.45 bits per heavy atom. The van der Waals surface area contributed by atoms with Crippen molar-refractivity contribution in [3.05, 3.63) is 0 Å². The van der Waals surface area contributed by atoms with Gasteiger partial charge in [0.15, 0.2) is 0 Å². The fraction of sp³-hybridized carbons (Fsp3) is 0.933. The summed E-state index contributed by atoms with van der Waals surface area (Å²) in [5.74, 6) is 0. The second-order valence-electron chi connectivity index (χ2n) is 4.81. The van der Waals surface area contributed by atoms with Crippen molar-refractivity contribution >= 4 is 14.5 Å². The fourth-order valence-electron chi connectivity index (χ4n) is 2.08. The van der Waals surface area contributed by atoms with E-state index in [2.05, 4.69) is 18.8 Å². The van der Waals surface area contributed by atoms with Gasteiger partial charge in [-0.2, -0.15) is 0 Å². The topological polar surface area (TPSA) is 40.0 Å². The third-order valence-electron chi connectivity index (χ3n) is 3.01. The van der Waals surface area contributed by atoms with E-state index in [0.717, 1.165) is 25.4 Å². The first-order chi connectivity index (χ1) is 9.64. The Hall–Kier alpha value is -0.233. The van der Waals surface area contributed by atoms with Crippen LogP contribution in [0.2, 0.25) is 6.04 Å². The van der Waals surface area contributed by atoms with Gasteiger partial charge in [0.05, 0.1) is 0 Å². The van der Waals surface area contributed by atoms with Crippen LogP contribution in [0.3, 0.4) is 0 Å². The highest BCUT2D eigenvalue weighted by molar-refractivity contribution is 6.60. The Kier molecular flexibility index (Phi) is 12.4. The number of aliphatic imine (C=N–C) groups is 1. The van der Waals surface area contributed by atoms with Gasteiger partial charge >= 0.3 is 8.80 Å². The van der Waals surface area contributed by atoms with Crippen LogP contribution in [0.4, 0.5) is 0 Å². The molecule has 0 aromatic carbocycles. The molecule has 5 heteroatoms. The summed E-state index contributed by atoms with van der Waals surface area (Å²) >= 11 is 0. The van der Waals surface area contributed by atoms with Gasteiger partial charge < -0.3 is 13.3 Å². The maximum atomic E-state index is 5.83. The number of rotatable bonds is 13. The molecule has 120 valence electrons. The molecule has 0 amide bonds. The lowest BCUT2D eigenvalue weighted by atomic mass is 10.2. The minimum Gasteiger partial charge on any atom is -0.374 e. The van der Waals surface area contributed by atoms with Crippen molar-refractivity contribution in [2.24, 2.45) is 4.99 Å². The summed E-state index contributed by atoms with van der Waals surface area (Å²) < 4.78 is 17.5. The molecule has 0 fully saturated rings. The SMILES string of the molecule is CCCC/C(C)=N/CCC[Si](OCC)(OCC)OCC. The van der Waals surface area contributed by atoms with E-state index in [1.165, 1.54) is 18.6 Å². The average Bonchev–Trinajstić information content (AvgIpc) is 2.42. The molecule has 0 aromatic rings. The number of nitrogens with zero attached hydrogens (tertiary/aromatic N) is 1. The van der Waals surface area contributed by atoms with Gasteiger partial charge in [0.25, 0.3) is 0 Å². The zero-order valence-electron chi connectivity index (χ0n) is 14.0. The third kappa shape index (κ3) is 8.84. The molecule has 0 atom stereocenters. The van der Waals surface area contributed by atoms with Crippen molar-refractivity contribution in [2.45, 2.75) is 66.3 Å². The predicted molar refractivity (Wildman–Crippen MR) is 87.6 cm³/mol. The maximum Gasteiger partial charge on any atom is 0.500 e. The molecule has 0 aliphatic heterocycles. The van der Waals surface area contributed by atoms with Gasteiger partial charge in [0.1, 0.15) is 0 Å². The summed E-state index contributed by atoms with van der Waals surface area (Å²) in [7, 11) is -2.46. The number of unbranched alkanes of at least 4 members (excludes halogenated alkanes) is 1. The molecule has 0 aliphatic rings. The van der Waals surface area contributed by atoms with Gasteiger partial charge in [-0.1, -0.05) is 13.3 Å². The molecule has 0 unspecified atom stereocenters. The second kappa shape index (κ2) is 12.5. The van der Waals surface area contributed by atoms with E-state index in [1.54, 1.807) is 0 Å². The maximum absolute atomic E-state index is 5.83. The van der Waals surface area contributed by atoms with Crippen molar-refractivity contribution in [1.29, 1.82) is 0 Å². The Labute approximate surface area is 126 Å². The van der Waals surface area contributed by atoms with E-state index in [9.17, 15) is 0 Å². The molecular formula is C15H33NO3Si. The number of hydrogen-bond donors (Lipinski definition) is 0. The Morgan fingerprint density at radius 1 is 0.900 bits per heavy atom. The normalized spacial score (nSPS) is 12.9. The standard InChI is InChI=1S/C15H33NO3Si/c1-6-10-12-15(5)16-13-11-14-20(17-7-2,18-8-3)19-9-4/h6-14H2,1-5H3/b16-15+. The van der Waals surface area contributed by atoms with Gasteiger partial charge in [-0.15, -0.1) is 0 Å². The molecule has 0 aromatic heterocycles. The van der Waals surface area contributed by atoms with Crippen LogP contribution in [0.1, 0.15) is 60.3 Å². The molecule has 0 saturated carbocycles. The lowest BCUT2D eigenvalue weighted by Crippen LogP contribution is -2.46.